The van der Waals surface area contributed by atoms with Crippen LogP contribution in [0.5, 0.6) is 0 Å². The Bertz CT molecular complexity index is 1210. The van der Waals surface area contributed by atoms with Gasteiger partial charge in [-0.25, -0.2) is 4.79 Å². The second-order valence-corrected chi connectivity index (χ2v) is 10.3. The number of benzene rings is 2. The van der Waals surface area contributed by atoms with E-state index < -0.39 is 42.0 Å². The average Bonchev–Trinajstić information content (AvgIpc) is 3.37. The van der Waals surface area contributed by atoms with Gasteiger partial charge in [0.15, 0.2) is 0 Å². The number of terminal acetylenes is 1. The van der Waals surface area contributed by atoms with Gasteiger partial charge in [-0.05, 0) is 43.2 Å². The van der Waals surface area contributed by atoms with Crippen LogP contribution >= 0.6 is 0 Å². The third-order valence-electron chi connectivity index (χ3n) is 7.84. The zero-order valence-corrected chi connectivity index (χ0v) is 22.6. The highest BCUT2D eigenvalue weighted by atomic mass is 16.5. The fourth-order valence-corrected chi connectivity index (χ4v) is 5.61. The summed E-state index contributed by atoms with van der Waals surface area (Å²) >= 11 is 0. The van der Waals surface area contributed by atoms with Crippen molar-refractivity contribution in [2.24, 2.45) is 11.7 Å². The van der Waals surface area contributed by atoms with Crippen molar-refractivity contribution in [2.75, 3.05) is 6.61 Å². The first kappa shape index (κ1) is 28.8. The van der Waals surface area contributed by atoms with Crippen LogP contribution in [0.2, 0.25) is 0 Å². The van der Waals surface area contributed by atoms with Crippen LogP contribution in [0.1, 0.15) is 56.2 Å². The van der Waals surface area contributed by atoms with E-state index in [4.69, 9.17) is 16.9 Å². The van der Waals surface area contributed by atoms with E-state index in [9.17, 15) is 19.2 Å². The van der Waals surface area contributed by atoms with Crippen molar-refractivity contribution in [2.45, 2.75) is 69.2 Å². The highest BCUT2D eigenvalue weighted by molar-refractivity contribution is 5.94. The molecule has 0 unspecified atom stereocenters. The molecule has 5 atom stereocenters. The average molecular weight is 545 g/mol. The molecule has 0 spiro atoms. The second-order valence-electron chi connectivity index (χ2n) is 10.3. The Labute approximate surface area is 234 Å². The number of amides is 3. The van der Waals surface area contributed by atoms with Gasteiger partial charge in [-0.3, -0.25) is 14.4 Å². The van der Waals surface area contributed by atoms with Gasteiger partial charge >= 0.3 is 5.97 Å². The van der Waals surface area contributed by atoms with E-state index in [-0.39, 0.29) is 24.5 Å². The summed E-state index contributed by atoms with van der Waals surface area (Å²) in [5.74, 6) is -0.551. The number of fused-ring (bicyclic) bond motifs is 1. The van der Waals surface area contributed by atoms with Crippen molar-refractivity contribution in [3.63, 3.8) is 0 Å². The van der Waals surface area contributed by atoms with E-state index in [1.165, 1.54) is 0 Å². The molecule has 2 fully saturated rings. The van der Waals surface area contributed by atoms with E-state index in [0.717, 1.165) is 11.1 Å². The zero-order valence-electron chi connectivity index (χ0n) is 22.6. The lowest BCUT2D eigenvalue weighted by Gasteiger charge is -2.33. The minimum Gasteiger partial charge on any atom is -0.456 e. The molecule has 2 aliphatic rings. The minimum atomic E-state index is -1.01. The molecule has 2 aromatic rings. The maximum atomic E-state index is 14.0. The molecule has 4 rings (SSSR count). The van der Waals surface area contributed by atoms with Gasteiger partial charge < -0.3 is 26.0 Å². The molecule has 40 heavy (non-hydrogen) atoms. The normalized spacial score (nSPS) is 22.9. The third-order valence-corrected chi connectivity index (χ3v) is 7.84. The van der Waals surface area contributed by atoms with Gasteiger partial charge in [0.25, 0.3) is 0 Å². The first-order valence-corrected chi connectivity index (χ1v) is 13.8. The number of nitrogens with two attached hydrogens (primary N) is 1. The van der Waals surface area contributed by atoms with Gasteiger partial charge in [0.1, 0.15) is 12.1 Å². The molecule has 4 N–H and O–H groups in total. The monoisotopic (exact) mass is 544 g/mol. The predicted molar refractivity (Wildman–Crippen MR) is 149 cm³/mol. The van der Waals surface area contributed by atoms with Gasteiger partial charge in [0.05, 0.1) is 18.7 Å². The maximum Gasteiger partial charge on any atom is 0.384 e. The predicted octanol–water partition coefficient (Wildman–Crippen LogP) is 2.06. The quantitative estimate of drug-likeness (QED) is 0.252. The van der Waals surface area contributed by atoms with Gasteiger partial charge in [0.2, 0.25) is 17.7 Å². The molecule has 2 aliphatic heterocycles. The Morgan fingerprint density at radius 2 is 1.62 bits per heavy atom. The van der Waals surface area contributed by atoms with Crippen LogP contribution in [-0.4, -0.2) is 59.4 Å². The number of hydrogen-bond acceptors (Lipinski definition) is 6. The number of rotatable bonds is 9. The fourth-order valence-electron chi connectivity index (χ4n) is 5.61. The van der Waals surface area contributed by atoms with Crippen LogP contribution in [0, 0.1) is 18.3 Å². The molecule has 2 aromatic carbocycles. The number of ether oxygens (including phenoxy) is 1. The SMILES string of the molecule is C#CC(=O)OC[C@H]1CC[C@H]2CC[C@@H](C(=O)NC(c3ccccc3)c3ccccc3)N2C(=O)[C@H]1NC(=O)[C@@H](N)CC. The van der Waals surface area contributed by atoms with Crippen molar-refractivity contribution in [1.29, 1.82) is 0 Å². The minimum absolute atomic E-state index is 0.122. The van der Waals surface area contributed by atoms with E-state index >= 15 is 0 Å². The molecule has 0 aromatic heterocycles. The summed E-state index contributed by atoms with van der Waals surface area (Å²) in [5.41, 5.74) is 7.79. The molecule has 0 radical (unpaired) electrons. The first-order valence-electron chi connectivity index (χ1n) is 13.8. The lowest BCUT2D eigenvalue weighted by Crippen LogP contribution is -2.58. The Morgan fingerprint density at radius 3 is 2.20 bits per heavy atom. The zero-order chi connectivity index (χ0) is 28.6. The fraction of sp³-hybridized carbons (Fsp3) is 0.419. The summed E-state index contributed by atoms with van der Waals surface area (Å²) < 4.78 is 5.17. The van der Waals surface area contributed by atoms with E-state index in [1.54, 1.807) is 11.8 Å². The van der Waals surface area contributed by atoms with Crippen LogP contribution in [0.4, 0.5) is 0 Å². The smallest absolute Gasteiger partial charge is 0.384 e. The molecule has 2 heterocycles. The van der Waals surface area contributed by atoms with Crippen LogP contribution in [0.15, 0.2) is 60.7 Å². The standard InChI is InChI=1S/C31H36N4O5/c1-3-24(32)29(37)34-28-22(19-40-26(36)4-2)15-16-23-17-18-25(35(23)31(28)39)30(38)33-27(20-11-7-5-8-12-20)21-13-9-6-10-14-21/h2,5-14,22-25,27-28H,3,15-19,32H2,1H3,(H,33,38)(H,34,37)/t22-,23+,24+,25+,28+/m1/s1. The van der Waals surface area contributed by atoms with Crippen LogP contribution < -0.4 is 16.4 Å². The summed E-state index contributed by atoms with van der Waals surface area (Å²) in [6.45, 7) is 1.65. The lowest BCUT2D eigenvalue weighted by molar-refractivity contribution is -0.145. The number of nitrogens with one attached hydrogen (secondary N) is 2. The second kappa shape index (κ2) is 13.3. The number of carbonyl (C=O) groups is 4. The molecular weight excluding hydrogens is 508 g/mol. The number of esters is 1. The van der Waals surface area contributed by atoms with Gasteiger partial charge in [-0.1, -0.05) is 67.6 Å². The maximum absolute atomic E-state index is 14.0. The lowest BCUT2D eigenvalue weighted by atomic mass is 9.93. The Balaban J connectivity index is 1.59. The van der Waals surface area contributed by atoms with Crippen molar-refractivity contribution in [3.05, 3.63) is 71.8 Å². The highest BCUT2D eigenvalue weighted by Gasteiger charge is 2.48. The third kappa shape index (κ3) is 6.52. The molecule has 0 aliphatic carbocycles. The summed E-state index contributed by atoms with van der Waals surface area (Å²) in [4.78, 5) is 53.9. The molecule has 2 saturated heterocycles. The largest absolute Gasteiger partial charge is 0.456 e. The molecule has 0 bridgehead atoms. The molecule has 210 valence electrons. The molecule has 9 nitrogen and oxygen atoms in total. The molecule has 3 amide bonds. The van der Waals surface area contributed by atoms with Gasteiger partial charge in [-0.15, -0.1) is 6.42 Å². The molecule has 0 saturated carbocycles. The van der Waals surface area contributed by atoms with Crippen molar-refractivity contribution < 1.29 is 23.9 Å². The van der Waals surface area contributed by atoms with E-state index in [1.807, 2.05) is 66.6 Å². The van der Waals surface area contributed by atoms with Gasteiger partial charge in [0, 0.05) is 17.9 Å². The van der Waals surface area contributed by atoms with Crippen molar-refractivity contribution >= 4 is 23.7 Å². The van der Waals surface area contributed by atoms with E-state index in [0.29, 0.717) is 32.1 Å². The number of nitrogens with zero attached hydrogens (tertiary/aromatic N) is 1. The van der Waals surface area contributed by atoms with E-state index in [2.05, 4.69) is 10.6 Å². The van der Waals surface area contributed by atoms with Crippen LogP contribution in [-0.2, 0) is 23.9 Å². The Hall–Kier alpha value is -4.16. The summed E-state index contributed by atoms with van der Waals surface area (Å²) in [5, 5.41) is 5.96. The van der Waals surface area contributed by atoms with Crippen LogP contribution in [0.25, 0.3) is 0 Å². The summed E-state index contributed by atoms with van der Waals surface area (Å²) in [6, 6.07) is 16.2. The van der Waals surface area contributed by atoms with Crippen molar-refractivity contribution in [1.82, 2.24) is 15.5 Å². The highest BCUT2D eigenvalue weighted by Crippen LogP contribution is 2.35. The first-order chi connectivity index (χ1) is 19.3. The Kier molecular flexibility index (Phi) is 9.56. The topological polar surface area (TPSA) is 131 Å². The van der Waals surface area contributed by atoms with Gasteiger partial charge in [-0.2, -0.15) is 0 Å². The summed E-state index contributed by atoms with van der Waals surface area (Å²) in [7, 11) is 0. The summed E-state index contributed by atoms with van der Waals surface area (Å²) in [6.07, 6.45) is 7.78. The van der Waals surface area contributed by atoms with Crippen molar-refractivity contribution in [3.8, 4) is 12.3 Å². The molecule has 9 heteroatoms. The number of carbonyl (C=O) groups excluding carboxylic acids is 4. The number of hydrogen-bond donors (Lipinski definition) is 3. The van der Waals surface area contributed by atoms with Crippen LogP contribution in [0.3, 0.4) is 0 Å². The molecular formula is C31H36N4O5. The Morgan fingerprint density at radius 1 is 1.02 bits per heavy atom.